The standard InChI is InChI=1S/C18H24Cl2N2O3S/c19-15-9-4-10-16(17(15)20)26(24,25)22-11-5-8-14(12-22)21-18(23)13-6-2-1-3-7-13/h4,9-10,13-14H,1-3,5-8,11-12H2,(H,21,23)/t14-/m0/s1. The molecule has 2 aliphatic rings. The molecule has 144 valence electrons. The molecule has 1 atom stereocenters. The average Bonchev–Trinajstić information content (AvgIpc) is 2.65. The number of amides is 1. The Kier molecular flexibility index (Phi) is 6.49. The van der Waals surface area contributed by atoms with Crippen LogP contribution in [0.2, 0.25) is 10.0 Å². The summed E-state index contributed by atoms with van der Waals surface area (Å²) in [5.41, 5.74) is 0. The van der Waals surface area contributed by atoms with E-state index in [1.165, 1.54) is 16.8 Å². The monoisotopic (exact) mass is 418 g/mol. The minimum absolute atomic E-state index is 0.0194. The van der Waals surface area contributed by atoms with Crippen LogP contribution in [-0.2, 0) is 14.8 Å². The summed E-state index contributed by atoms with van der Waals surface area (Å²) in [4.78, 5) is 12.5. The highest BCUT2D eigenvalue weighted by Crippen LogP contribution is 2.32. The third-order valence-electron chi connectivity index (χ3n) is 5.24. The second-order valence-corrected chi connectivity index (χ2v) is 9.79. The van der Waals surface area contributed by atoms with Crippen LogP contribution in [0.5, 0.6) is 0 Å². The predicted octanol–water partition coefficient (Wildman–Crippen LogP) is 3.84. The molecule has 0 unspecified atom stereocenters. The second-order valence-electron chi connectivity index (χ2n) is 7.10. The van der Waals surface area contributed by atoms with Crippen LogP contribution in [0.3, 0.4) is 0 Å². The summed E-state index contributed by atoms with van der Waals surface area (Å²) >= 11 is 12.1. The molecule has 2 fully saturated rings. The Morgan fingerprint density at radius 2 is 1.81 bits per heavy atom. The fourth-order valence-electron chi connectivity index (χ4n) is 3.78. The van der Waals surface area contributed by atoms with E-state index in [9.17, 15) is 13.2 Å². The molecule has 1 aromatic rings. The summed E-state index contributed by atoms with van der Waals surface area (Å²) in [6, 6.07) is 4.44. The number of nitrogens with one attached hydrogen (secondary N) is 1. The van der Waals surface area contributed by atoms with Crippen molar-refractivity contribution in [1.29, 1.82) is 0 Å². The van der Waals surface area contributed by atoms with Gasteiger partial charge in [-0.2, -0.15) is 4.31 Å². The lowest BCUT2D eigenvalue weighted by Gasteiger charge is -2.33. The van der Waals surface area contributed by atoms with Crippen molar-refractivity contribution in [3.8, 4) is 0 Å². The van der Waals surface area contributed by atoms with Gasteiger partial charge in [0.05, 0.1) is 10.0 Å². The largest absolute Gasteiger partial charge is 0.352 e. The Balaban J connectivity index is 1.69. The summed E-state index contributed by atoms with van der Waals surface area (Å²) in [6.07, 6.45) is 6.73. The van der Waals surface area contributed by atoms with Crippen LogP contribution in [0.4, 0.5) is 0 Å². The van der Waals surface area contributed by atoms with Crippen LogP contribution in [-0.4, -0.2) is 37.8 Å². The van der Waals surface area contributed by atoms with Crippen molar-refractivity contribution in [3.05, 3.63) is 28.2 Å². The van der Waals surface area contributed by atoms with Gasteiger partial charge in [-0.05, 0) is 37.8 Å². The maximum atomic E-state index is 13.0. The van der Waals surface area contributed by atoms with Crippen LogP contribution in [0, 0.1) is 5.92 Å². The second kappa shape index (κ2) is 8.46. The molecule has 1 amide bonds. The van der Waals surface area contributed by atoms with Crippen molar-refractivity contribution in [2.24, 2.45) is 5.92 Å². The molecule has 3 rings (SSSR count). The Bertz CT molecular complexity index is 764. The molecule has 1 saturated heterocycles. The van der Waals surface area contributed by atoms with Gasteiger partial charge < -0.3 is 5.32 Å². The normalized spacial score (nSPS) is 22.9. The number of halogens is 2. The molecule has 0 aromatic heterocycles. The van der Waals surface area contributed by atoms with Crippen molar-refractivity contribution in [2.75, 3.05) is 13.1 Å². The van der Waals surface area contributed by atoms with Gasteiger partial charge in [0.2, 0.25) is 15.9 Å². The highest BCUT2D eigenvalue weighted by molar-refractivity contribution is 7.89. The quantitative estimate of drug-likeness (QED) is 0.807. The van der Waals surface area contributed by atoms with Crippen molar-refractivity contribution in [2.45, 2.75) is 55.9 Å². The van der Waals surface area contributed by atoms with Gasteiger partial charge in [-0.25, -0.2) is 8.42 Å². The van der Waals surface area contributed by atoms with E-state index in [0.29, 0.717) is 13.0 Å². The number of rotatable bonds is 4. The van der Waals surface area contributed by atoms with Crippen LogP contribution >= 0.6 is 23.2 Å². The maximum absolute atomic E-state index is 13.0. The zero-order valence-corrected chi connectivity index (χ0v) is 16.9. The fourth-order valence-corrected chi connectivity index (χ4v) is 6.04. The number of piperidine rings is 1. The van der Waals surface area contributed by atoms with E-state index >= 15 is 0 Å². The van der Waals surface area contributed by atoms with Gasteiger partial charge >= 0.3 is 0 Å². The first-order valence-corrected chi connectivity index (χ1v) is 11.3. The van der Waals surface area contributed by atoms with Crippen molar-refractivity contribution >= 4 is 39.1 Å². The Morgan fingerprint density at radius 1 is 1.08 bits per heavy atom. The number of carbonyl (C=O) groups excluding carboxylic acids is 1. The molecule has 26 heavy (non-hydrogen) atoms. The highest BCUT2D eigenvalue weighted by atomic mass is 35.5. The molecule has 1 aromatic carbocycles. The first kappa shape index (κ1) is 19.9. The SMILES string of the molecule is O=C(N[C@H]1CCCN(S(=O)(=O)c2cccc(Cl)c2Cl)C1)C1CCCCC1. The first-order valence-electron chi connectivity index (χ1n) is 9.14. The van der Waals surface area contributed by atoms with Gasteiger partial charge in [0, 0.05) is 25.0 Å². The zero-order valence-electron chi connectivity index (χ0n) is 14.6. The number of carbonyl (C=O) groups is 1. The zero-order chi connectivity index (χ0) is 18.7. The molecule has 0 radical (unpaired) electrons. The van der Waals surface area contributed by atoms with E-state index < -0.39 is 10.0 Å². The molecule has 0 bridgehead atoms. The van der Waals surface area contributed by atoms with E-state index in [0.717, 1.165) is 32.1 Å². The summed E-state index contributed by atoms with van der Waals surface area (Å²) < 4.78 is 27.3. The van der Waals surface area contributed by atoms with E-state index in [2.05, 4.69) is 5.32 Å². The van der Waals surface area contributed by atoms with E-state index in [1.807, 2.05) is 0 Å². The van der Waals surface area contributed by atoms with Crippen LogP contribution in [0.25, 0.3) is 0 Å². The lowest BCUT2D eigenvalue weighted by atomic mass is 9.88. The third kappa shape index (κ3) is 4.35. The van der Waals surface area contributed by atoms with Crippen molar-refractivity contribution in [3.63, 3.8) is 0 Å². The van der Waals surface area contributed by atoms with E-state index in [4.69, 9.17) is 23.2 Å². The molecule has 1 aliphatic carbocycles. The van der Waals surface area contributed by atoms with Gasteiger partial charge in [-0.3, -0.25) is 4.79 Å². The molecular weight excluding hydrogens is 395 g/mol. The highest BCUT2D eigenvalue weighted by Gasteiger charge is 2.33. The molecule has 1 heterocycles. The summed E-state index contributed by atoms with van der Waals surface area (Å²) in [5.74, 6) is 0.132. The molecular formula is C18H24Cl2N2O3S. The van der Waals surface area contributed by atoms with Crippen LogP contribution < -0.4 is 5.32 Å². The summed E-state index contributed by atoms with van der Waals surface area (Å²) in [5, 5.41) is 3.32. The lowest BCUT2D eigenvalue weighted by Crippen LogP contribution is -2.50. The Morgan fingerprint density at radius 3 is 2.54 bits per heavy atom. The van der Waals surface area contributed by atoms with Gasteiger partial charge in [0.25, 0.3) is 0 Å². The Hall–Kier alpha value is -0.820. The predicted molar refractivity (Wildman–Crippen MR) is 103 cm³/mol. The van der Waals surface area contributed by atoms with Crippen molar-refractivity contribution in [1.82, 2.24) is 9.62 Å². The van der Waals surface area contributed by atoms with Crippen LogP contribution in [0.15, 0.2) is 23.1 Å². The third-order valence-corrected chi connectivity index (χ3v) is 8.08. The molecule has 1 aliphatic heterocycles. The summed E-state index contributed by atoms with van der Waals surface area (Å²) in [7, 11) is -3.74. The minimum Gasteiger partial charge on any atom is -0.352 e. The lowest BCUT2D eigenvalue weighted by molar-refractivity contribution is -0.126. The van der Waals surface area contributed by atoms with Crippen LogP contribution in [0.1, 0.15) is 44.9 Å². The first-order chi connectivity index (χ1) is 12.4. The number of hydrogen-bond acceptors (Lipinski definition) is 3. The van der Waals surface area contributed by atoms with Gasteiger partial charge in [0.15, 0.2) is 0 Å². The van der Waals surface area contributed by atoms with Gasteiger partial charge in [-0.1, -0.05) is 48.5 Å². The van der Waals surface area contributed by atoms with Gasteiger partial charge in [0.1, 0.15) is 4.90 Å². The molecule has 0 spiro atoms. The number of sulfonamides is 1. The number of hydrogen-bond donors (Lipinski definition) is 1. The number of benzene rings is 1. The van der Waals surface area contributed by atoms with Gasteiger partial charge in [-0.15, -0.1) is 0 Å². The maximum Gasteiger partial charge on any atom is 0.244 e. The smallest absolute Gasteiger partial charge is 0.244 e. The number of nitrogens with zero attached hydrogens (tertiary/aromatic N) is 1. The molecule has 1 saturated carbocycles. The van der Waals surface area contributed by atoms with Crippen molar-refractivity contribution < 1.29 is 13.2 Å². The minimum atomic E-state index is -3.74. The van der Waals surface area contributed by atoms with E-state index in [-0.39, 0.29) is 39.4 Å². The Labute approximate surface area is 165 Å². The topological polar surface area (TPSA) is 66.5 Å². The molecule has 8 heteroatoms. The molecule has 1 N–H and O–H groups in total. The fraction of sp³-hybridized carbons (Fsp3) is 0.611. The summed E-state index contributed by atoms with van der Waals surface area (Å²) in [6.45, 7) is 0.685. The molecule has 5 nitrogen and oxygen atoms in total. The van der Waals surface area contributed by atoms with E-state index in [1.54, 1.807) is 12.1 Å². The average molecular weight is 419 g/mol.